The Bertz CT molecular complexity index is 412. The van der Waals surface area contributed by atoms with Crippen LogP contribution in [0.5, 0.6) is 11.5 Å². The van der Waals surface area contributed by atoms with E-state index in [1.54, 1.807) is 21.1 Å². The summed E-state index contributed by atoms with van der Waals surface area (Å²) in [6, 6.07) is 5.73. The summed E-state index contributed by atoms with van der Waals surface area (Å²) in [5.41, 5.74) is 1.07. The van der Waals surface area contributed by atoms with Crippen molar-refractivity contribution in [1.29, 1.82) is 0 Å². The van der Waals surface area contributed by atoms with Gasteiger partial charge in [0.15, 0.2) is 11.5 Å². The molecule has 0 amide bonds. The van der Waals surface area contributed by atoms with E-state index in [0.29, 0.717) is 37.6 Å². The maximum atomic E-state index is 11.1. The van der Waals surface area contributed by atoms with Crippen LogP contribution in [0.2, 0.25) is 0 Å². The first-order chi connectivity index (χ1) is 9.21. The zero-order valence-corrected chi connectivity index (χ0v) is 12.9. The van der Waals surface area contributed by atoms with E-state index in [4.69, 9.17) is 14.2 Å². The van der Waals surface area contributed by atoms with E-state index in [1.807, 2.05) is 18.2 Å². The highest BCUT2D eigenvalue weighted by Crippen LogP contribution is 2.27. The highest BCUT2D eigenvalue weighted by molar-refractivity contribution is 5.85. The fourth-order valence-corrected chi connectivity index (χ4v) is 1.65. The molecule has 114 valence electrons. The number of rotatable bonds is 8. The van der Waals surface area contributed by atoms with E-state index in [2.05, 4.69) is 5.32 Å². The summed E-state index contributed by atoms with van der Waals surface area (Å²) in [5.74, 6) is 1.23. The Morgan fingerprint density at radius 1 is 1.20 bits per heavy atom. The molecule has 0 aliphatic heterocycles. The summed E-state index contributed by atoms with van der Waals surface area (Å²) in [7, 11) is 3.21. The molecule has 5 nitrogen and oxygen atoms in total. The number of hydrogen-bond acceptors (Lipinski definition) is 5. The quantitative estimate of drug-likeness (QED) is 0.589. The molecule has 20 heavy (non-hydrogen) atoms. The number of halogens is 1. The Kier molecular flexibility index (Phi) is 9.59. The summed E-state index contributed by atoms with van der Waals surface area (Å²) in [4.78, 5) is 11.1. The van der Waals surface area contributed by atoms with Gasteiger partial charge in [0.2, 0.25) is 0 Å². The predicted molar refractivity (Wildman–Crippen MR) is 79.8 cm³/mol. The van der Waals surface area contributed by atoms with Crippen molar-refractivity contribution in [2.45, 2.75) is 19.9 Å². The lowest BCUT2D eigenvalue weighted by atomic mass is 10.2. The average Bonchev–Trinajstić information content (AvgIpc) is 2.43. The second kappa shape index (κ2) is 10.3. The number of carbonyl (C=O) groups is 1. The molecule has 1 aromatic rings. The number of nitrogens with one attached hydrogen (secondary N) is 1. The van der Waals surface area contributed by atoms with Gasteiger partial charge in [-0.2, -0.15) is 0 Å². The van der Waals surface area contributed by atoms with Gasteiger partial charge in [-0.25, -0.2) is 0 Å². The molecule has 0 bridgehead atoms. The Hall–Kier alpha value is -1.46. The van der Waals surface area contributed by atoms with Gasteiger partial charge >= 0.3 is 5.97 Å². The van der Waals surface area contributed by atoms with Crippen LogP contribution < -0.4 is 14.8 Å². The second-order valence-electron chi connectivity index (χ2n) is 3.92. The van der Waals surface area contributed by atoms with Crippen molar-refractivity contribution in [1.82, 2.24) is 5.32 Å². The molecule has 1 aromatic carbocycles. The van der Waals surface area contributed by atoms with Gasteiger partial charge < -0.3 is 19.5 Å². The number of benzene rings is 1. The van der Waals surface area contributed by atoms with Crippen molar-refractivity contribution in [3.63, 3.8) is 0 Å². The Morgan fingerprint density at radius 3 is 2.50 bits per heavy atom. The first-order valence-corrected chi connectivity index (χ1v) is 6.28. The first-order valence-electron chi connectivity index (χ1n) is 6.28. The largest absolute Gasteiger partial charge is 0.493 e. The van der Waals surface area contributed by atoms with E-state index in [9.17, 15) is 4.79 Å². The molecule has 0 heterocycles. The molecule has 0 spiro atoms. The fraction of sp³-hybridized carbons (Fsp3) is 0.500. The summed E-state index contributed by atoms with van der Waals surface area (Å²) >= 11 is 0. The van der Waals surface area contributed by atoms with Crippen molar-refractivity contribution < 1.29 is 19.0 Å². The molecule has 0 saturated heterocycles. The van der Waals surface area contributed by atoms with Gasteiger partial charge in [0.1, 0.15) is 0 Å². The molecule has 0 atom stereocenters. The fourth-order valence-electron chi connectivity index (χ4n) is 1.65. The minimum absolute atomic E-state index is 0. The lowest BCUT2D eigenvalue weighted by molar-refractivity contribution is -0.142. The highest BCUT2D eigenvalue weighted by atomic mass is 35.5. The first kappa shape index (κ1) is 18.5. The van der Waals surface area contributed by atoms with Crippen LogP contribution in [0.1, 0.15) is 18.9 Å². The maximum Gasteiger partial charge on any atom is 0.307 e. The predicted octanol–water partition coefficient (Wildman–Crippen LogP) is 2.17. The van der Waals surface area contributed by atoms with Crippen molar-refractivity contribution in [3.8, 4) is 11.5 Å². The van der Waals surface area contributed by atoms with E-state index < -0.39 is 0 Å². The monoisotopic (exact) mass is 303 g/mol. The van der Waals surface area contributed by atoms with Crippen LogP contribution in [0.3, 0.4) is 0 Å². The summed E-state index contributed by atoms with van der Waals surface area (Å²) < 4.78 is 15.2. The Morgan fingerprint density at radius 2 is 1.90 bits per heavy atom. The summed E-state index contributed by atoms with van der Waals surface area (Å²) in [5, 5.41) is 3.18. The topological polar surface area (TPSA) is 56.8 Å². The zero-order valence-electron chi connectivity index (χ0n) is 12.1. The van der Waals surface area contributed by atoms with Crippen molar-refractivity contribution in [2.75, 3.05) is 27.4 Å². The number of methoxy groups -OCH3 is 2. The number of esters is 1. The van der Waals surface area contributed by atoms with Crippen molar-refractivity contribution in [2.24, 2.45) is 0 Å². The molecule has 1 N–H and O–H groups in total. The summed E-state index contributed by atoms with van der Waals surface area (Å²) in [6.07, 6.45) is 0.376. The molecular formula is C14H22ClNO4. The molecule has 6 heteroatoms. The lowest BCUT2D eigenvalue weighted by Gasteiger charge is -2.10. The normalized spacial score (nSPS) is 9.55. The minimum atomic E-state index is -0.178. The maximum absolute atomic E-state index is 11.1. The van der Waals surface area contributed by atoms with Gasteiger partial charge in [-0.15, -0.1) is 12.4 Å². The number of ether oxygens (including phenoxy) is 3. The molecule has 0 radical (unpaired) electrons. The number of carbonyl (C=O) groups excluding carboxylic acids is 1. The molecule has 0 saturated carbocycles. The molecule has 0 aromatic heterocycles. The van der Waals surface area contributed by atoms with Crippen LogP contribution in [0.4, 0.5) is 0 Å². The standard InChI is InChI=1S/C14H21NO4.ClH/c1-4-19-14(16)7-8-15-10-11-5-6-12(17-2)13(9-11)18-3;/h5-6,9,15H,4,7-8,10H2,1-3H3;1H. The highest BCUT2D eigenvalue weighted by Gasteiger charge is 2.05. The van der Waals surface area contributed by atoms with Crippen LogP contribution in [0.25, 0.3) is 0 Å². The molecule has 0 unspecified atom stereocenters. The molecule has 0 aliphatic rings. The van der Waals surface area contributed by atoms with Gasteiger partial charge in [0, 0.05) is 13.1 Å². The Balaban J connectivity index is 0.00000361. The summed E-state index contributed by atoms with van der Waals surface area (Å²) in [6.45, 7) is 3.48. The molecule has 1 rings (SSSR count). The van der Waals surface area contributed by atoms with Crippen LogP contribution in [0, 0.1) is 0 Å². The van der Waals surface area contributed by atoms with Gasteiger partial charge in [0.25, 0.3) is 0 Å². The van der Waals surface area contributed by atoms with Crippen LogP contribution >= 0.6 is 12.4 Å². The average molecular weight is 304 g/mol. The van der Waals surface area contributed by atoms with Crippen LogP contribution in [-0.2, 0) is 16.1 Å². The second-order valence-corrected chi connectivity index (χ2v) is 3.92. The van der Waals surface area contributed by atoms with Gasteiger partial charge in [-0.3, -0.25) is 4.79 Å². The Labute approximate surface area is 126 Å². The van der Waals surface area contributed by atoms with Crippen molar-refractivity contribution >= 4 is 18.4 Å². The third-order valence-electron chi connectivity index (χ3n) is 2.59. The van der Waals surface area contributed by atoms with E-state index >= 15 is 0 Å². The third kappa shape index (κ3) is 6.12. The van der Waals surface area contributed by atoms with E-state index in [-0.39, 0.29) is 18.4 Å². The SMILES string of the molecule is CCOC(=O)CCNCc1ccc(OC)c(OC)c1.Cl. The minimum Gasteiger partial charge on any atom is -0.493 e. The van der Waals surface area contributed by atoms with Crippen LogP contribution in [0.15, 0.2) is 18.2 Å². The van der Waals surface area contributed by atoms with Gasteiger partial charge in [-0.1, -0.05) is 6.07 Å². The molecule has 0 aliphatic carbocycles. The van der Waals surface area contributed by atoms with E-state index in [0.717, 1.165) is 5.56 Å². The van der Waals surface area contributed by atoms with Gasteiger partial charge in [-0.05, 0) is 24.6 Å². The lowest BCUT2D eigenvalue weighted by Crippen LogP contribution is -2.19. The third-order valence-corrected chi connectivity index (χ3v) is 2.59. The molecular weight excluding hydrogens is 282 g/mol. The van der Waals surface area contributed by atoms with Gasteiger partial charge in [0.05, 0.1) is 27.2 Å². The zero-order chi connectivity index (χ0) is 14.1. The molecule has 0 fully saturated rings. The van der Waals surface area contributed by atoms with E-state index in [1.165, 1.54) is 0 Å². The van der Waals surface area contributed by atoms with Crippen LogP contribution in [-0.4, -0.2) is 33.3 Å². The van der Waals surface area contributed by atoms with Crippen molar-refractivity contribution in [3.05, 3.63) is 23.8 Å². The number of hydrogen-bond donors (Lipinski definition) is 1. The smallest absolute Gasteiger partial charge is 0.307 e.